The average molecular weight is 451 g/mol. The van der Waals surface area contributed by atoms with Gasteiger partial charge in [0.1, 0.15) is 12.6 Å². The summed E-state index contributed by atoms with van der Waals surface area (Å²) in [6.45, 7) is 2.06. The molecule has 33 heavy (non-hydrogen) atoms. The first kappa shape index (κ1) is 22.8. The molecule has 0 radical (unpaired) electrons. The van der Waals surface area contributed by atoms with Crippen molar-refractivity contribution in [2.75, 3.05) is 6.61 Å². The molecule has 7 nitrogen and oxygen atoms in total. The van der Waals surface area contributed by atoms with Gasteiger partial charge in [-0.2, -0.15) is 0 Å². The lowest BCUT2D eigenvalue weighted by Gasteiger charge is -2.21. The molecule has 2 unspecified atom stereocenters. The summed E-state index contributed by atoms with van der Waals surface area (Å²) in [5.74, 6) is -0.841. The monoisotopic (exact) mass is 450 g/mol. The quantitative estimate of drug-likeness (QED) is 0.506. The topological polar surface area (TPSA) is 105 Å². The molecule has 0 aliphatic heterocycles. The first-order chi connectivity index (χ1) is 15.9. The Morgan fingerprint density at radius 2 is 1.61 bits per heavy atom. The minimum absolute atomic E-state index is 0.00150. The molecule has 0 saturated heterocycles. The summed E-state index contributed by atoms with van der Waals surface area (Å²) in [5, 5.41) is 14.5. The van der Waals surface area contributed by atoms with E-state index in [1.54, 1.807) is 0 Å². The molecule has 2 aromatic carbocycles. The van der Waals surface area contributed by atoms with Gasteiger partial charge >= 0.3 is 12.1 Å². The maximum Gasteiger partial charge on any atom is 0.407 e. The number of carbonyl (C=O) groups is 3. The van der Waals surface area contributed by atoms with Gasteiger partial charge in [0.2, 0.25) is 5.91 Å². The second-order valence-corrected chi connectivity index (χ2v) is 9.04. The van der Waals surface area contributed by atoms with Crippen LogP contribution in [0.1, 0.15) is 56.1 Å². The van der Waals surface area contributed by atoms with Crippen molar-refractivity contribution >= 4 is 18.0 Å². The number of amides is 2. The highest BCUT2D eigenvalue weighted by Crippen LogP contribution is 2.44. The van der Waals surface area contributed by atoms with Crippen LogP contribution in [-0.4, -0.2) is 41.8 Å². The number of hydrogen-bond acceptors (Lipinski definition) is 4. The first-order valence-corrected chi connectivity index (χ1v) is 11.6. The highest BCUT2D eigenvalue weighted by atomic mass is 16.5. The van der Waals surface area contributed by atoms with Crippen molar-refractivity contribution in [1.29, 1.82) is 0 Å². The molecule has 2 atom stereocenters. The van der Waals surface area contributed by atoms with Crippen LogP contribution in [0.3, 0.4) is 0 Å². The van der Waals surface area contributed by atoms with Gasteiger partial charge in [-0.3, -0.25) is 9.59 Å². The third-order valence-electron chi connectivity index (χ3n) is 6.37. The van der Waals surface area contributed by atoms with Crippen LogP contribution in [0, 0.1) is 5.92 Å². The van der Waals surface area contributed by atoms with Gasteiger partial charge in [-0.05, 0) is 47.9 Å². The molecule has 3 N–H and O–H groups in total. The lowest BCUT2D eigenvalue weighted by molar-refractivity contribution is -0.137. The van der Waals surface area contributed by atoms with E-state index >= 15 is 0 Å². The van der Waals surface area contributed by atoms with E-state index in [4.69, 9.17) is 9.84 Å². The molecule has 1 fully saturated rings. The van der Waals surface area contributed by atoms with Gasteiger partial charge in [-0.25, -0.2) is 4.79 Å². The van der Waals surface area contributed by atoms with Crippen molar-refractivity contribution in [2.24, 2.45) is 5.92 Å². The van der Waals surface area contributed by atoms with Crippen LogP contribution in [0.15, 0.2) is 48.5 Å². The SMILES string of the molecule is CC(CC1CC1)NC(=O)C(CCC(=O)O)NC(=O)OCC1c2ccccc2-c2ccccc21. The van der Waals surface area contributed by atoms with Gasteiger partial charge in [0, 0.05) is 18.4 Å². The molecule has 4 rings (SSSR count). The number of hydrogen-bond donors (Lipinski definition) is 3. The second kappa shape index (κ2) is 10.1. The molecule has 2 aromatic rings. The lowest BCUT2D eigenvalue weighted by Crippen LogP contribution is -2.49. The normalized spacial score (nSPS) is 16.3. The van der Waals surface area contributed by atoms with Crippen LogP contribution < -0.4 is 10.6 Å². The van der Waals surface area contributed by atoms with E-state index in [-0.39, 0.29) is 37.3 Å². The Morgan fingerprint density at radius 1 is 1.00 bits per heavy atom. The Hall–Kier alpha value is -3.35. The van der Waals surface area contributed by atoms with E-state index in [2.05, 4.69) is 22.8 Å². The zero-order valence-electron chi connectivity index (χ0n) is 18.8. The van der Waals surface area contributed by atoms with E-state index in [9.17, 15) is 14.4 Å². The van der Waals surface area contributed by atoms with Gasteiger partial charge in [-0.1, -0.05) is 61.4 Å². The van der Waals surface area contributed by atoms with Crippen LogP contribution in [0.2, 0.25) is 0 Å². The predicted molar refractivity (Wildman–Crippen MR) is 124 cm³/mol. The van der Waals surface area contributed by atoms with Crippen LogP contribution in [-0.2, 0) is 14.3 Å². The average Bonchev–Trinajstić information content (AvgIpc) is 3.55. The molecule has 1 saturated carbocycles. The summed E-state index contributed by atoms with van der Waals surface area (Å²) in [5.41, 5.74) is 4.46. The Bertz CT molecular complexity index is 987. The third-order valence-corrected chi connectivity index (χ3v) is 6.37. The Labute approximate surface area is 193 Å². The van der Waals surface area contributed by atoms with Gasteiger partial charge in [0.05, 0.1) is 0 Å². The van der Waals surface area contributed by atoms with Crippen LogP contribution in [0.4, 0.5) is 4.79 Å². The van der Waals surface area contributed by atoms with Crippen LogP contribution >= 0.6 is 0 Å². The summed E-state index contributed by atoms with van der Waals surface area (Å²) >= 11 is 0. The largest absolute Gasteiger partial charge is 0.481 e. The highest BCUT2D eigenvalue weighted by Gasteiger charge is 2.30. The van der Waals surface area contributed by atoms with Crippen LogP contribution in [0.25, 0.3) is 11.1 Å². The van der Waals surface area contributed by atoms with Gasteiger partial charge < -0.3 is 20.5 Å². The molecular formula is C26H30N2O5. The Kier molecular flexibility index (Phi) is 6.96. The van der Waals surface area contributed by atoms with Crippen molar-refractivity contribution in [2.45, 2.75) is 57.0 Å². The van der Waals surface area contributed by atoms with E-state index in [1.165, 1.54) is 12.8 Å². The molecule has 2 aliphatic carbocycles. The van der Waals surface area contributed by atoms with Crippen molar-refractivity contribution in [3.8, 4) is 11.1 Å². The highest BCUT2D eigenvalue weighted by molar-refractivity contribution is 5.86. The van der Waals surface area contributed by atoms with E-state index in [1.807, 2.05) is 43.3 Å². The number of carbonyl (C=O) groups excluding carboxylic acids is 2. The maximum absolute atomic E-state index is 12.7. The molecular weight excluding hydrogens is 420 g/mol. The number of alkyl carbamates (subject to hydrolysis) is 1. The fourth-order valence-electron chi connectivity index (χ4n) is 4.57. The first-order valence-electron chi connectivity index (χ1n) is 11.6. The Balaban J connectivity index is 1.37. The molecule has 2 amide bonds. The molecule has 0 heterocycles. The summed E-state index contributed by atoms with van der Waals surface area (Å²) in [4.78, 5) is 36.4. The van der Waals surface area contributed by atoms with Crippen LogP contribution in [0.5, 0.6) is 0 Å². The number of benzene rings is 2. The number of aliphatic carboxylic acids is 1. The molecule has 0 aromatic heterocycles. The van der Waals surface area contributed by atoms with Gasteiger partial charge in [0.25, 0.3) is 0 Å². The fraction of sp³-hybridized carbons (Fsp3) is 0.423. The molecule has 2 aliphatic rings. The van der Waals surface area contributed by atoms with Crippen molar-refractivity contribution < 1.29 is 24.2 Å². The molecule has 7 heteroatoms. The maximum atomic E-state index is 12.7. The van der Waals surface area contributed by atoms with Crippen molar-refractivity contribution in [1.82, 2.24) is 10.6 Å². The van der Waals surface area contributed by atoms with Gasteiger partial charge in [0.15, 0.2) is 0 Å². The molecule has 0 bridgehead atoms. The minimum Gasteiger partial charge on any atom is -0.481 e. The third kappa shape index (κ3) is 5.72. The number of nitrogens with one attached hydrogen (secondary N) is 2. The number of rotatable bonds is 10. The second-order valence-electron chi connectivity index (χ2n) is 9.04. The smallest absolute Gasteiger partial charge is 0.407 e. The number of ether oxygens (including phenoxy) is 1. The van der Waals surface area contributed by atoms with Crippen molar-refractivity contribution in [3.63, 3.8) is 0 Å². The predicted octanol–water partition coefficient (Wildman–Crippen LogP) is 4.06. The number of carboxylic acid groups (broad SMARTS) is 1. The zero-order valence-corrected chi connectivity index (χ0v) is 18.8. The molecule has 0 spiro atoms. The Morgan fingerprint density at radius 3 is 2.18 bits per heavy atom. The number of fused-ring (bicyclic) bond motifs is 3. The summed E-state index contributed by atoms with van der Waals surface area (Å²) in [6.07, 6.45) is 2.31. The standard InChI is InChI=1S/C26H30N2O5/c1-16(14-17-10-11-17)27-25(31)23(12-13-24(29)30)28-26(32)33-15-22-20-8-4-2-6-18(20)19-7-3-5-9-21(19)22/h2-9,16-17,22-23H,10-15H2,1H3,(H,27,31)(H,28,32)(H,29,30). The summed E-state index contributed by atoms with van der Waals surface area (Å²) < 4.78 is 5.53. The number of carboxylic acids is 1. The molecule has 174 valence electrons. The van der Waals surface area contributed by atoms with E-state index in [0.29, 0.717) is 5.92 Å². The van der Waals surface area contributed by atoms with E-state index in [0.717, 1.165) is 28.7 Å². The van der Waals surface area contributed by atoms with E-state index < -0.39 is 18.1 Å². The lowest BCUT2D eigenvalue weighted by atomic mass is 9.98. The van der Waals surface area contributed by atoms with Gasteiger partial charge in [-0.15, -0.1) is 0 Å². The minimum atomic E-state index is -1.02. The fourth-order valence-corrected chi connectivity index (χ4v) is 4.57. The van der Waals surface area contributed by atoms with Crippen molar-refractivity contribution in [3.05, 3.63) is 59.7 Å². The summed E-state index contributed by atoms with van der Waals surface area (Å²) in [7, 11) is 0. The summed E-state index contributed by atoms with van der Waals surface area (Å²) in [6, 6.07) is 15.1. The zero-order chi connectivity index (χ0) is 23.4.